The van der Waals surface area contributed by atoms with Gasteiger partial charge in [0, 0.05) is 17.3 Å². The molecule has 1 heterocycles. The summed E-state index contributed by atoms with van der Waals surface area (Å²) in [6.45, 7) is 4.20. The molecule has 0 saturated carbocycles. The van der Waals surface area contributed by atoms with Gasteiger partial charge in [-0.2, -0.15) is 0 Å². The summed E-state index contributed by atoms with van der Waals surface area (Å²) in [4.78, 5) is 2.16. The van der Waals surface area contributed by atoms with Gasteiger partial charge in [-0.05, 0) is 35.4 Å². The average molecular weight is 268 g/mol. The van der Waals surface area contributed by atoms with E-state index in [0.717, 1.165) is 22.6 Å². The molecule has 0 unspecified atom stereocenters. The predicted molar refractivity (Wildman–Crippen MR) is 82.9 cm³/mol. The van der Waals surface area contributed by atoms with Crippen LogP contribution in [0.4, 0.5) is 11.4 Å². The Morgan fingerprint density at radius 2 is 1.63 bits per heavy atom. The normalized spacial score (nSPS) is 14.1. The summed E-state index contributed by atoms with van der Waals surface area (Å²) < 4.78 is 0. The van der Waals surface area contributed by atoms with Gasteiger partial charge in [0.2, 0.25) is 0 Å². The molecule has 0 bridgehead atoms. The molecular formula is C17H14ClN. The number of alkyl halides is 1. The van der Waals surface area contributed by atoms with E-state index in [0.29, 0.717) is 5.88 Å². The van der Waals surface area contributed by atoms with Crippen molar-refractivity contribution in [3.8, 4) is 0 Å². The van der Waals surface area contributed by atoms with Crippen molar-refractivity contribution in [1.82, 2.24) is 0 Å². The molecule has 2 heteroatoms. The minimum absolute atomic E-state index is 0.469. The molecule has 0 amide bonds. The number of benzene rings is 2. The van der Waals surface area contributed by atoms with Crippen LogP contribution >= 0.6 is 11.6 Å². The van der Waals surface area contributed by atoms with Crippen LogP contribution in [0.1, 0.15) is 5.56 Å². The molecule has 2 aromatic rings. The SMILES string of the molecule is C=C1C(CCl)=Cc2ccccc2N1c1ccccc1. The van der Waals surface area contributed by atoms with Crippen molar-refractivity contribution in [2.45, 2.75) is 0 Å². The monoisotopic (exact) mass is 267 g/mol. The molecule has 0 fully saturated rings. The molecule has 0 aliphatic carbocycles. The molecule has 19 heavy (non-hydrogen) atoms. The van der Waals surface area contributed by atoms with Crippen molar-refractivity contribution in [2.75, 3.05) is 10.8 Å². The second-order valence-corrected chi connectivity index (χ2v) is 4.75. The minimum atomic E-state index is 0.469. The first-order valence-corrected chi connectivity index (χ1v) is 6.75. The van der Waals surface area contributed by atoms with Crippen molar-refractivity contribution in [1.29, 1.82) is 0 Å². The maximum atomic E-state index is 6.04. The first-order valence-electron chi connectivity index (χ1n) is 6.21. The van der Waals surface area contributed by atoms with Crippen LogP contribution in [0.15, 0.2) is 72.4 Å². The second-order valence-electron chi connectivity index (χ2n) is 4.48. The highest BCUT2D eigenvalue weighted by Crippen LogP contribution is 2.39. The summed E-state index contributed by atoms with van der Waals surface area (Å²) in [5.74, 6) is 0.469. The van der Waals surface area contributed by atoms with Gasteiger partial charge in [-0.25, -0.2) is 0 Å². The number of allylic oxidation sites excluding steroid dienone is 1. The maximum absolute atomic E-state index is 6.04. The largest absolute Gasteiger partial charge is 0.310 e. The number of rotatable bonds is 2. The van der Waals surface area contributed by atoms with E-state index in [1.807, 2.05) is 30.3 Å². The van der Waals surface area contributed by atoms with Crippen molar-refractivity contribution in [2.24, 2.45) is 0 Å². The minimum Gasteiger partial charge on any atom is -0.310 e. The molecule has 0 spiro atoms. The third-order valence-corrected chi connectivity index (χ3v) is 3.59. The van der Waals surface area contributed by atoms with Gasteiger partial charge in [0.1, 0.15) is 0 Å². The van der Waals surface area contributed by atoms with E-state index in [2.05, 4.69) is 41.8 Å². The standard InChI is InChI=1S/C17H14ClN/c1-13-15(12-18)11-14-7-5-6-10-17(14)19(13)16-8-3-2-4-9-16/h2-11H,1,12H2. The van der Waals surface area contributed by atoms with Crippen LogP contribution < -0.4 is 4.90 Å². The number of fused-ring (bicyclic) bond motifs is 1. The average Bonchev–Trinajstić information content (AvgIpc) is 2.47. The highest BCUT2D eigenvalue weighted by Gasteiger charge is 2.22. The van der Waals surface area contributed by atoms with Crippen LogP contribution in [0, 0.1) is 0 Å². The molecule has 94 valence electrons. The predicted octanol–water partition coefficient (Wildman–Crippen LogP) is 4.97. The van der Waals surface area contributed by atoms with Crippen LogP contribution in [-0.2, 0) is 0 Å². The van der Waals surface area contributed by atoms with Gasteiger partial charge in [-0.15, -0.1) is 11.6 Å². The van der Waals surface area contributed by atoms with E-state index in [4.69, 9.17) is 11.6 Å². The smallest absolute Gasteiger partial charge is 0.0533 e. The van der Waals surface area contributed by atoms with Crippen molar-refractivity contribution in [3.05, 3.63) is 78.0 Å². The Bertz CT molecular complexity index is 643. The van der Waals surface area contributed by atoms with Crippen LogP contribution in [0.2, 0.25) is 0 Å². The van der Waals surface area contributed by atoms with Crippen LogP contribution in [0.25, 0.3) is 6.08 Å². The summed E-state index contributed by atoms with van der Waals surface area (Å²) >= 11 is 6.04. The van der Waals surface area contributed by atoms with Crippen molar-refractivity contribution < 1.29 is 0 Å². The van der Waals surface area contributed by atoms with Gasteiger partial charge >= 0.3 is 0 Å². The van der Waals surface area contributed by atoms with E-state index in [1.54, 1.807) is 0 Å². The molecular weight excluding hydrogens is 254 g/mol. The summed E-state index contributed by atoms with van der Waals surface area (Å²) in [5, 5.41) is 0. The molecule has 1 aliphatic rings. The summed E-state index contributed by atoms with van der Waals surface area (Å²) in [7, 11) is 0. The van der Waals surface area contributed by atoms with Gasteiger partial charge in [-0.3, -0.25) is 0 Å². The molecule has 0 atom stereocenters. The molecule has 0 radical (unpaired) electrons. The molecule has 1 nitrogen and oxygen atoms in total. The zero-order valence-electron chi connectivity index (χ0n) is 10.5. The zero-order chi connectivity index (χ0) is 13.2. The topological polar surface area (TPSA) is 3.24 Å². The van der Waals surface area contributed by atoms with E-state index in [9.17, 15) is 0 Å². The molecule has 3 rings (SSSR count). The lowest BCUT2D eigenvalue weighted by molar-refractivity contribution is 1.15. The van der Waals surface area contributed by atoms with E-state index >= 15 is 0 Å². The van der Waals surface area contributed by atoms with Crippen LogP contribution in [0.5, 0.6) is 0 Å². The number of nitrogens with zero attached hydrogens (tertiary/aromatic N) is 1. The molecule has 0 N–H and O–H groups in total. The van der Waals surface area contributed by atoms with Gasteiger partial charge < -0.3 is 4.90 Å². The third-order valence-electron chi connectivity index (χ3n) is 3.31. The van der Waals surface area contributed by atoms with Gasteiger partial charge in [0.15, 0.2) is 0 Å². The van der Waals surface area contributed by atoms with Crippen molar-refractivity contribution >= 4 is 29.1 Å². The van der Waals surface area contributed by atoms with Gasteiger partial charge in [-0.1, -0.05) is 43.0 Å². The summed E-state index contributed by atoms with van der Waals surface area (Å²) in [6.07, 6.45) is 2.12. The molecule has 0 saturated heterocycles. The summed E-state index contributed by atoms with van der Waals surface area (Å²) in [5.41, 5.74) is 5.43. The Balaban J connectivity index is 2.19. The van der Waals surface area contributed by atoms with Gasteiger partial charge in [0.05, 0.1) is 5.69 Å². The van der Waals surface area contributed by atoms with E-state index < -0.39 is 0 Å². The molecule has 1 aliphatic heterocycles. The Labute approximate surface area is 118 Å². The zero-order valence-corrected chi connectivity index (χ0v) is 11.3. The highest BCUT2D eigenvalue weighted by molar-refractivity contribution is 6.20. The lowest BCUT2D eigenvalue weighted by Crippen LogP contribution is -2.21. The number of hydrogen-bond donors (Lipinski definition) is 0. The number of anilines is 2. The molecule has 0 aromatic heterocycles. The summed E-state index contributed by atoms with van der Waals surface area (Å²) in [6, 6.07) is 18.5. The fourth-order valence-electron chi connectivity index (χ4n) is 2.36. The Morgan fingerprint density at radius 3 is 2.37 bits per heavy atom. The fraction of sp³-hybridized carbons (Fsp3) is 0.0588. The quantitative estimate of drug-likeness (QED) is 0.694. The van der Waals surface area contributed by atoms with Gasteiger partial charge in [0.25, 0.3) is 0 Å². The number of para-hydroxylation sites is 2. The van der Waals surface area contributed by atoms with E-state index in [1.165, 1.54) is 5.56 Å². The first kappa shape index (κ1) is 12.1. The second kappa shape index (κ2) is 4.94. The maximum Gasteiger partial charge on any atom is 0.0533 e. The van der Waals surface area contributed by atoms with E-state index in [-0.39, 0.29) is 0 Å². The molecule has 2 aromatic carbocycles. The Hall–Kier alpha value is -1.99. The first-order chi connectivity index (χ1) is 9.31. The third kappa shape index (κ3) is 2.06. The fourth-order valence-corrected chi connectivity index (χ4v) is 2.59. The highest BCUT2D eigenvalue weighted by atomic mass is 35.5. The Kier molecular flexibility index (Phi) is 3.14. The Morgan fingerprint density at radius 1 is 0.947 bits per heavy atom. The lowest BCUT2D eigenvalue weighted by atomic mass is 10.00. The lowest BCUT2D eigenvalue weighted by Gasteiger charge is -2.32. The van der Waals surface area contributed by atoms with Crippen LogP contribution in [-0.4, -0.2) is 5.88 Å². The number of hydrogen-bond acceptors (Lipinski definition) is 1. The van der Waals surface area contributed by atoms with Crippen molar-refractivity contribution in [3.63, 3.8) is 0 Å². The number of halogens is 1. The van der Waals surface area contributed by atoms with Crippen LogP contribution in [0.3, 0.4) is 0 Å².